The summed E-state index contributed by atoms with van der Waals surface area (Å²) in [6.45, 7) is 0.168. The summed E-state index contributed by atoms with van der Waals surface area (Å²) in [6, 6.07) is 25.9. The largest absolute Gasteiger partial charge is 0.507 e. The molecule has 0 saturated carbocycles. The Morgan fingerprint density at radius 1 is 0.865 bits per heavy atom. The van der Waals surface area contributed by atoms with Crippen molar-refractivity contribution in [1.82, 2.24) is 9.88 Å². The number of ketones is 1. The summed E-state index contributed by atoms with van der Waals surface area (Å²) >= 11 is 0. The SMILES string of the molecule is COc1ccc(/C(O)=C2\C(=O)C(=O)N(Cc3ccncc3)C2c2cccc(Oc3ccccc3)c2)cc1. The summed E-state index contributed by atoms with van der Waals surface area (Å²) in [7, 11) is 1.55. The smallest absolute Gasteiger partial charge is 0.295 e. The molecule has 1 saturated heterocycles. The number of aliphatic hydroxyl groups is 1. The minimum absolute atomic E-state index is 0.0149. The number of Topliss-reactive ketones (excluding diaryl/α,β-unsaturated/α-hetero) is 1. The Hall–Kier alpha value is -4.91. The van der Waals surface area contributed by atoms with Crippen LogP contribution >= 0.6 is 0 Å². The van der Waals surface area contributed by atoms with Crippen molar-refractivity contribution in [3.63, 3.8) is 0 Å². The average molecular weight is 493 g/mol. The van der Waals surface area contributed by atoms with Gasteiger partial charge >= 0.3 is 0 Å². The molecule has 0 spiro atoms. The van der Waals surface area contributed by atoms with Crippen molar-refractivity contribution in [2.45, 2.75) is 12.6 Å². The topological polar surface area (TPSA) is 89.0 Å². The summed E-state index contributed by atoms with van der Waals surface area (Å²) < 4.78 is 11.2. The second kappa shape index (κ2) is 10.4. The number of rotatable bonds is 7. The van der Waals surface area contributed by atoms with Crippen molar-refractivity contribution in [3.8, 4) is 17.2 Å². The number of pyridine rings is 1. The highest BCUT2D eigenvalue weighted by Crippen LogP contribution is 2.41. The maximum absolute atomic E-state index is 13.3. The van der Waals surface area contributed by atoms with Gasteiger partial charge in [0.2, 0.25) is 0 Å². The Morgan fingerprint density at radius 3 is 2.27 bits per heavy atom. The van der Waals surface area contributed by atoms with Crippen LogP contribution in [0, 0.1) is 0 Å². The molecule has 1 aliphatic rings. The number of ether oxygens (including phenoxy) is 2. The standard InChI is InChI=1S/C30H24N2O5/c1-36-23-12-10-21(11-13-23)28(33)26-27(32(30(35)29(26)34)19-20-14-16-31-17-15-20)22-6-5-9-25(18-22)37-24-7-3-2-4-8-24/h2-18,27,33H,19H2,1H3/b28-26+. The maximum Gasteiger partial charge on any atom is 0.295 e. The number of hydrogen-bond donors (Lipinski definition) is 1. The summed E-state index contributed by atoms with van der Waals surface area (Å²) in [4.78, 5) is 32.1. The number of hydrogen-bond acceptors (Lipinski definition) is 6. The fraction of sp³-hybridized carbons (Fsp3) is 0.100. The number of benzene rings is 3. The van der Waals surface area contributed by atoms with E-state index in [-0.39, 0.29) is 17.9 Å². The number of likely N-dealkylation sites (tertiary alicyclic amines) is 1. The Morgan fingerprint density at radius 2 is 1.57 bits per heavy atom. The van der Waals surface area contributed by atoms with Crippen LogP contribution in [0.5, 0.6) is 17.2 Å². The van der Waals surface area contributed by atoms with Gasteiger partial charge in [0, 0.05) is 24.5 Å². The Bertz CT molecular complexity index is 1450. The molecule has 1 N–H and O–H groups in total. The quantitative estimate of drug-likeness (QED) is 0.208. The van der Waals surface area contributed by atoms with Crippen LogP contribution in [-0.2, 0) is 16.1 Å². The lowest BCUT2D eigenvalue weighted by molar-refractivity contribution is -0.140. The first-order valence-electron chi connectivity index (χ1n) is 11.7. The minimum Gasteiger partial charge on any atom is -0.507 e. The van der Waals surface area contributed by atoms with Crippen molar-refractivity contribution in [2.24, 2.45) is 0 Å². The summed E-state index contributed by atoms with van der Waals surface area (Å²) in [5.41, 5.74) is 1.87. The number of carbonyl (C=O) groups is 2. The maximum atomic E-state index is 13.3. The van der Waals surface area contributed by atoms with E-state index in [9.17, 15) is 14.7 Å². The number of aliphatic hydroxyl groups excluding tert-OH is 1. The highest BCUT2D eigenvalue weighted by Gasteiger charge is 2.46. The molecule has 3 aromatic carbocycles. The van der Waals surface area contributed by atoms with Crippen LogP contribution in [0.15, 0.2) is 109 Å². The van der Waals surface area contributed by atoms with Crippen molar-refractivity contribution in [2.75, 3.05) is 7.11 Å². The number of para-hydroxylation sites is 1. The number of aromatic nitrogens is 1. The third-order valence-electron chi connectivity index (χ3n) is 6.16. The van der Waals surface area contributed by atoms with Gasteiger partial charge in [-0.15, -0.1) is 0 Å². The van der Waals surface area contributed by atoms with Gasteiger partial charge in [0.05, 0.1) is 18.7 Å². The van der Waals surface area contributed by atoms with Gasteiger partial charge in [0.1, 0.15) is 23.0 Å². The number of amides is 1. The average Bonchev–Trinajstić information content (AvgIpc) is 3.19. The summed E-state index contributed by atoms with van der Waals surface area (Å²) in [5.74, 6) is 0.119. The molecule has 5 rings (SSSR count). The van der Waals surface area contributed by atoms with Crippen LogP contribution in [0.2, 0.25) is 0 Å². The van der Waals surface area contributed by atoms with Gasteiger partial charge in [-0.1, -0.05) is 30.3 Å². The van der Waals surface area contributed by atoms with E-state index in [1.165, 1.54) is 4.90 Å². The molecule has 1 amide bonds. The van der Waals surface area contributed by atoms with Crippen LogP contribution in [0.25, 0.3) is 5.76 Å². The number of carbonyl (C=O) groups excluding carboxylic acids is 2. The fourth-order valence-electron chi connectivity index (χ4n) is 4.35. The third-order valence-corrected chi connectivity index (χ3v) is 6.16. The van der Waals surface area contributed by atoms with Crippen LogP contribution < -0.4 is 9.47 Å². The first-order chi connectivity index (χ1) is 18.0. The molecule has 1 aromatic heterocycles. The Balaban J connectivity index is 1.60. The Kier molecular flexibility index (Phi) is 6.68. The fourth-order valence-corrected chi connectivity index (χ4v) is 4.35. The predicted octanol–water partition coefficient (Wildman–Crippen LogP) is 5.50. The molecule has 1 aliphatic heterocycles. The molecule has 1 atom stereocenters. The van der Waals surface area contributed by atoms with Crippen molar-refractivity contribution in [3.05, 3.63) is 126 Å². The zero-order valence-corrected chi connectivity index (χ0v) is 20.1. The van der Waals surface area contributed by atoms with E-state index in [4.69, 9.17) is 9.47 Å². The van der Waals surface area contributed by atoms with Gasteiger partial charge in [-0.2, -0.15) is 0 Å². The van der Waals surface area contributed by atoms with Gasteiger partial charge in [0.15, 0.2) is 0 Å². The van der Waals surface area contributed by atoms with Gasteiger partial charge < -0.3 is 19.5 Å². The molecule has 0 radical (unpaired) electrons. The number of methoxy groups -OCH3 is 1. The first-order valence-corrected chi connectivity index (χ1v) is 11.7. The van der Waals surface area contributed by atoms with Crippen molar-refractivity contribution < 1.29 is 24.2 Å². The van der Waals surface area contributed by atoms with E-state index in [1.807, 2.05) is 36.4 Å². The highest BCUT2D eigenvalue weighted by molar-refractivity contribution is 6.46. The second-order valence-corrected chi connectivity index (χ2v) is 8.50. The summed E-state index contributed by atoms with van der Waals surface area (Å²) in [6.07, 6.45) is 3.26. The van der Waals surface area contributed by atoms with Crippen LogP contribution in [0.3, 0.4) is 0 Å². The lowest BCUT2D eigenvalue weighted by atomic mass is 9.95. The van der Waals surface area contributed by atoms with E-state index in [0.717, 1.165) is 5.56 Å². The molecule has 37 heavy (non-hydrogen) atoms. The monoisotopic (exact) mass is 492 g/mol. The van der Waals surface area contributed by atoms with Crippen LogP contribution in [0.1, 0.15) is 22.7 Å². The molecular formula is C30H24N2O5. The minimum atomic E-state index is -0.824. The van der Waals surface area contributed by atoms with E-state index < -0.39 is 17.7 Å². The van der Waals surface area contributed by atoms with E-state index in [1.54, 1.807) is 74.1 Å². The van der Waals surface area contributed by atoms with Gasteiger partial charge in [-0.25, -0.2) is 0 Å². The van der Waals surface area contributed by atoms with Gasteiger partial charge in [0.25, 0.3) is 11.7 Å². The van der Waals surface area contributed by atoms with E-state index in [2.05, 4.69) is 4.98 Å². The molecule has 4 aromatic rings. The molecule has 0 bridgehead atoms. The first kappa shape index (κ1) is 23.8. The zero-order chi connectivity index (χ0) is 25.8. The van der Waals surface area contributed by atoms with Crippen molar-refractivity contribution in [1.29, 1.82) is 0 Å². The van der Waals surface area contributed by atoms with Crippen LogP contribution in [0.4, 0.5) is 0 Å². The molecular weight excluding hydrogens is 468 g/mol. The van der Waals surface area contributed by atoms with Crippen molar-refractivity contribution >= 4 is 17.4 Å². The Labute approximate surface area is 214 Å². The molecule has 184 valence electrons. The van der Waals surface area contributed by atoms with Gasteiger partial charge in [-0.3, -0.25) is 14.6 Å². The number of nitrogens with zero attached hydrogens (tertiary/aromatic N) is 2. The molecule has 1 unspecified atom stereocenters. The molecule has 0 aliphatic carbocycles. The molecule has 1 fully saturated rings. The lowest BCUT2D eigenvalue weighted by Gasteiger charge is -2.25. The van der Waals surface area contributed by atoms with Gasteiger partial charge in [-0.05, 0) is 71.8 Å². The lowest BCUT2D eigenvalue weighted by Crippen LogP contribution is -2.29. The highest BCUT2D eigenvalue weighted by atomic mass is 16.5. The third kappa shape index (κ3) is 4.92. The molecule has 7 heteroatoms. The summed E-state index contributed by atoms with van der Waals surface area (Å²) in [5, 5.41) is 11.3. The zero-order valence-electron chi connectivity index (χ0n) is 20.1. The molecule has 2 heterocycles. The normalized spacial score (nSPS) is 16.6. The van der Waals surface area contributed by atoms with E-state index >= 15 is 0 Å². The predicted molar refractivity (Wildman–Crippen MR) is 138 cm³/mol. The second-order valence-electron chi connectivity index (χ2n) is 8.50. The van der Waals surface area contributed by atoms with E-state index in [0.29, 0.717) is 28.4 Å². The molecule has 7 nitrogen and oxygen atoms in total. The van der Waals surface area contributed by atoms with Crippen LogP contribution in [-0.4, -0.2) is 33.8 Å².